The van der Waals surface area contributed by atoms with E-state index in [0.29, 0.717) is 11.0 Å². The van der Waals surface area contributed by atoms with Gasteiger partial charge in [-0.3, -0.25) is 0 Å². The van der Waals surface area contributed by atoms with Crippen molar-refractivity contribution in [1.82, 2.24) is 9.62 Å². The number of hydrogen-bond donors (Lipinski definition) is 1. The summed E-state index contributed by atoms with van der Waals surface area (Å²) >= 11 is 3.36. The van der Waals surface area contributed by atoms with Gasteiger partial charge in [-0.05, 0) is 46.6 Å². The molecule has 0 spiro atoms. The summed E-state index contributed by atoms with van der Waals surface area (Å²) in [6.07, 6.45) is 5.19. The first-order chi connectivity index (χ1) is 9.34. The summed E-state index contributed by atoms with van der Waals surface area (Å²) in [7, 11) is -2.11. The van der Waals surface area contributed by atoms with Crippen molar-refractivity contribution in [1.29, 1.82) is 0 Å². The molecule has 0 aliphatic heterocycles. The average molecular weight is 359 g/mol. The van der Waals surface area contributed by atoms with E-state index in [2.05, 4.69) is 27.2 Å². The lowest BCUT2D eigenvalue weighted by molar-refractivity contribution is 0.502. The summed E-state index contributed by atoms with van der Waals surface area (Å²) in [6, 6.07) is 3.65. The van der Waals surface area contributed by atoms with Crippen molar-refractivity contribution >= 4 is 26.0 Å². The zero-order chi connectivity index (χ0) is 15.3. The van der Waals surface area contributed by atoms with Crippen LogP contribution in [-0.4, -0.2) is 32.9 Å². The fourth-order valence-electron chi connectivity index (χ4n) is 1.75. The minimum Gasteiger partial charge on any atom is -0.313 e. The van der Waals surface area contributed by atoms with Crippen LogP contribution in [0, 0.1) is 19.3 Å². The number of hydrogen-bond acceptors (Lipinski definition) is 3. The second kappa shape index (κ2) is 7.23. The molecule has 0 heterocycles. The number of rotatable bonds is 6. The Kier molecular flexibility index (Phi) is 6.21. The fraction of sp³-hybridized carbons (Fsp3) is 0.429. The van der Waals surface area contributed by atoms with Crippen LogP contribution < -0.4 is 5.32 Å². The van der Waals surface area contributed by atoms with Gasteiger partial charge in [-0.2, -0.15) is 4.31 Å². The normalized spacial score (nSPS) is 11.6. The highest BCUT2D eigenvalue weighted by Gasteiger charge is 2.24. The van der Waals surface area contributed by atoms with Crippen LogP contribution >= 0.6 is 15.9 Å². The number of nitrogens with one attached hydrogen (secondary N) is 1. The lowest BCUT2D eigenvalue weighted by Gasteiger charge is -2.17. The van der Waals surface area contributed by atoms with Gasteiger partial charge in [0.15, 0.2) is 0 Å². The fourth-order valence-corrected chi connectivity index (χ4v) is 3.86. The Morgan fingerprint density at radius 1 is 1.45 bits per heavy atom. The lowest BCUT2D eigenvalue weighted by atomic mass is 10.1. The summed E-state index contributed by atoms with van der Waals surface area (Å²) < 4.78 is 26.8. The Balaban J connectivity index is 3.29. The highest BCUT2D eigenvalue weighted by atomic mass is 79.9. The van der Waals surface area contributed by atoms with E-state index < -0.39 is 10.0 Å². The van der Waals surface area contributed by atoms with Gasteiger partial charge >= 0.3 is 0 Å². The quantitative estimate of drug-likeness (QED) is 0.792. The van der Waals surface area contributed by atoms with Gasteiger partial charge in [0.05, 0.1) is 11.4 Å². The number of sulfonamides is 1. The zero-order valence-corrected chi connectivity index (χ0v) is 14.3. The number of terminal acetylenes is 1. The molecule has 0 saturated heterocycles. The lowest BCUT2D eigenvalue weighted by Crippen LogP contribution is -2.28. The van der Waals surface area contributed by atoms with E-state index in [0.717, 1.165) is 17.7 Å². The third-order valence-electron chi connectivity index (χ3n) is 2.86. The predicted molar refractivity (Wildman–Crippen MR) is 84.9 cm³/mol. The summed E-state index contributed by atoms with van der Waals surface area (Å²) in [5, 5.41) is 3.19. The molecule has 4 nitrogen and oxygen atoms in total. The molecule has 1 aromatic rings. The molecule has 1 rings (SSSR count). The smallest absolute Gasteiger partial charge is 0.244 e. The van der Waals surface area contributed by atoms with Crippen molar-refractivity contribution in [3.8, 4) is 12.3 Å². The van der Waals surface area contributed by atoms with Crippen molar-refractivity contribution in [2.24, 2.45) is 0 Å². The largest absolute Gasteiger partial charge is 0.313 e. The van der Waals surface area contributed by atoms with Crippen LogP contribution in [0.15, 0.2) is 21.5 Å². The van der Waals surface area contributed by atoms with Crippen LogP contribution in [0.5, 0.6) is 0 Å². The number of nitrogens with zero attached hydrogens (tertiary/aromatic N) is 1. The van der Waals surface area contributed by atoms with E-state index in [4.69, 9.17) is 6.42 Å². The van der Waals surface area contributed by atoms with Crippen LogP contribution in [0.1, 0.15) is 18.1 Å². The minimum absolute atomic E-state index is 0.0469. The zero-order valence-electron chi connectivity index (χ0n) is 11.9. The number of benzene rings is 1. The average Bonchev–Trinajstić information content (AvgIpc) is 2.39. The highest BCUT2D eigenvalue weighted by Crippen LogP contribution is 2.29. The molecule has 0 aromatic heterocycles. The van der Waals surface area contributed by atoms with Crippen LogP contribution in [0.25, 0.3) is 0 Å². The molecular weight excluding hydrogens is 340 g/mol. The molecule has 0 atom stereocenters. The van der Waals surface area contributed by atoms with Crippen LogP contribution in [0.2, 0.25) is 0 Å². The van der Waals surface area contributed by atoms with E-state index in [1.54, 1.807) is 6.07 Å². The predicted octanol–water partition coefficient (Wildman–Crippen LogP) is 2.12. The molecule has 0 fully saturated rings. The molecule has 6 heteroatoms. The Labute approximate surface area is 129 Å². The topological polar surface area (TPSA) is 49.4 Å². The molecule has 20 heavy (non-hydrogen) atoms. The molecular formula is C14H19BrN2O2S. The van der Waals surface area contributed by atoms with Crippen molar-refractivity contribution in [2.75, 3.05) is 20.1 Å². The van der Waals surface area contributed by atoms with Gasteiger partial charge in [0.25, 0.3) is 0 Å². The SMILES string of the molecule is C#CCN(C)S(=O)(=O)c1cc(CNCC)cc(C)c1Br. The third-order valence-corrected chi connectivity index (χ3v) is 6.00. The molecule has 0 unspecified atom stereocenters. The van der Waals surface area contributed by atoms with E-state index in [1.807, 2.05) is 19.9 Å². The second-order valence-electron chi connectivity index (χ2n) is 4.47. The molecule has 0 amide bonds. The molecule has 0 radical (unpaired) electrons. The first kappa shape index (κ1) is 17.2. The Morgan fingerprint density at radius 2 is 2.10 bits per heavy atom. The summed E-state index contributed by atoms with van der Waals surface area (Å²) in [5.41, 5.74) is 1.81. The Morgan fingerprint density at radius 3 is 2.65 bits per heavy atom. The van der Waals surface area contributed by atoms with E-state index in [1.165, 1.54) is 11.4 Å². The van der Waals surface area contributed by atoms with Gasteiger partial charge in [-0.1, -0.05) is 18.9 Å². The van der Waals surface area contributed by atoms with Gasteiger partial charge in [0.2, 0.25) is 10.0 Å². The molecule has 0 bridgehead atoms. The molecule has 0 aliphatic rings. The molecule has 1 aromatic carbocycles. The maximum absolute atomic E-state index is 12.5. The first-order valence-electron chi connectivity index (χ1n) is 6.24. The summed E-state index contributed by atoms with van der Waals surface area (Å²) in [6.45, 7) is 5.38. The Hall–Kier alpha value is -0.870. The monoisotopic (exact) mass is 358 g/mol. The standard InChI is InChI=1S/C14H19BrN2O2S/c1-5-7-17(4)20(18,19)13-9-12(10-16-6-2)8-11(3)14(13)15/h1,8-9,16H,6-7,10H2,2-4H3. The molecule has 1 N–H and O–H groups in total. The second-order valence-corrected chi connectivity index (χ2v) is 7.28. The van der Waals surface area contributed by atoms with E-state index in [9.17, 15) is 8.42 Å². The van der Waals surface area contributed by atoms with Crippen LogP contribution in [0.4, 0.5) is 0 Å². The van der Waals surface area contributed by atoms with Gasteiger partial charge in [0.1, 0.15) is 0 Å². The van der Waals surface area contributed by atoms with Gasteiger partial charge in [-0.15, -0.1) is 6.42 Å². The molecule has 110 valence electrons. The van der Waals surface area contributed by atoms with E-state index >= 15 is 0 Å². The maximum atomic E-state index is 12.5. The third kappa shape index (κ3) is 3.83. The number of halogens is 1. The van der Waals surface area contributed by atoms with Gasteiger partial charge in [-0.25, -0.2) is 8.42 Å². The van der Waals surface area contributed by atoms with Crippen molar-refractivity contribution in [2.45, 2.75) is 25.3 Å². The summed E-state index contributed by atoms with van der Waals surface area (Å²) in [5.74, 6) is 2.35. The first-order valence-corrected chi connectivity index (χ1v) is 8.47. The van der Waals surface area contributed by atoms with Crippen LogP contribution in [-0.2, 0) is 16.6 Å². The van der Waals surface area contributed by atoms with E-state index in [-0.39, 0.29) is 11.4 Å². The molecule has 0 saturated carbocycles. The summed E-state index contributed by atoms with van der Waals surface area (Å²) in [4.78, 5) is 0.253. The minimum atomic E-state index is -3.59. The Bertz CT molecular complexity index is 621. The molecule has 0 aliphatic carbocycles. The van der Waals surface area contributed by atoms with Crippen molar-refractivity contribution in [3.63, 3.8) is 0 Å². The van der Waals surface area contributed by atoms with Crippen molar-refractivity contribution < 1.29 is 8.42 Å². The maximum Gasteiger partial charge on any atom is 0.244 e. The van der Waals surface area contributed by atoms with Gasteiger partial charge in [0, 0.05) is 18.1 Å². The number of aryl methyl sites for hydroxylation is 1. The van der Waals surface area contributed by atoms with Crippen LogP contribution in [0.3, 0.4) is 0 Å². The van der Waals surface area contributed by atoms with Crippen molar-refractivity contribution in [3.05, 3.63) is 27.7 Å². The highest BCUT2D eigenvalue weighted by molar-refractivity contribution is 9.10. The van der Waals surface area contributed by atoms with Gasteiger partial charge < -0.3 is 5.32 Å².